The van der Waals surface area contributed by atoms with Gasteiger partial charge >= 0.3 is 0 Å². The van der Waals surface area contributed by atoms with Crippen LogP contribution in [0.15, 0.2) is 108 Å². The summed E-state index contributed by atoms with van der Waals surface area (Å²) >= 11 is 0. The van der Waals surface area contributed by atoms with Crippen LogP contribution in [0.3, 0.4) is 0 Å². The van der Waals surface area contributed by atoms with Crippen LogP contribution in [0.4, 0.5) is 14.5 Å². The molecule has 0 fully saturated rings. The number of rotatable bonds is 13. The van der Waals surface area contributed by atoms with Gasteiger partial charge in [0.05, 0.1) is 11.5 Å². The van der Waals surface area contributed by atoms with Crippen molar-refractivity contribution >= 4 is 27.5 Å². The number of amides is 2. The van der Waals surface area contributed by atoms with Crippen molar-refractivity contribution in [2.45, 2.75) is 17.5 Å². The number of aliphatic hydroxyl groups is 1. The molecule has 1 atom stereocenters. The Morgan fingerprint density at radius 1 is 0.837 bits per heavy atom. The molecule has 0 aliphatic heterocycles. The fourth-order valence-corrected chi connectivity index (χ4v) is 5.23. The Morgan fingerprint density at radius 2 is 1.44 bits per heavy atom. The molecule has 0 unspecified atom stereocenters. The predicted molar refractivity (Wildman–Crippen MR) is 155 cm³/mol. The van der Waals surface area contributed by atoms with E-state index in [1.54, 1.807) is 30.3 Å². The molecule has 0 aliphatic rings. The van der Waals surface area contributed by atoms with Crippen molar-refractivity contribution in [2.75, 3.05) is 24.5 Å². The van der Waals surface area contributed by atoms with Crippen LogP contribution in [-0.4, -0.2) is 50.0 Å². The molecule has 43 heavy (non-hydrogen) atoms. The first-order valence-corrected chi connectivity index (χ1v) is 14.6. The Balaban J connectivity index is 1.53. The highest BCUT2D eigenvalue weighted by Crippen LogP contribution is 2.25. The minimum absolute atomic E-state index is 0.0253. The summed E-state index contributed by atoms with van der Waals surface area (Å²) in [5, 5.41) is 11.8. The molecule has 9 nitrogen and oxygen atoms in total. The highest BCUT2D eigenvalue weighted by atomic mass is 32.2. The van der Waals surface area contributed by atoms with E-state index in [0.29, 0.717) is 11.1 Å². The van der Waals surface area contributed by atoms with Crippen molar-refractivity contribution in [2.24, 2.45) is 0 Å². The summed E-state index contributed by atoms with van der Waals surface area (Å²) in [7, 11) is -3.98. The SMILES string of the molecule is O=C(NCCO)[C@H](c1ccccc1)N(Cc1ccc(F)cc1)C(=O)COc1ccc(S(=O)(=O)Nc2ccc(F)cc2)cc1. The molecule has 12 heteroatoms. The third kappa shape index (κ3) is 8.60. The van der Waals surface area contributed by atoms with Gasteiger partial charge in [0.2, 0.25) is 5.91 Å². The zero-order chi connectivity index (χ0) is 30.8. The summed E-state index contributed by atoms with van der Waals surface area (Å²) < 4.78 is 60.2. The van der Waals surface area contributed by atoms with Gasteiger partial charge in [0.1, 0.15) is 23.4 Å². The average Bonchev–Trinajstić information content (AvgIpc) is 3.01. The molecule has 3 N–H and O–H groups in total. The van der Waals surface area contributed by atoms with Crippen LogP contribution in [0, 0.1) is 11.6 Å². The lowest BCUT2D eigenvalue weighted by molar-refractivity contribution is -0.143. The van der Waals surface area contributed by atoms with Gasteiger partial charge < -0.3 is 20.1 Å². The largest absolute Gasteiger partial charge is 0.484 e. The minimum atomic E-state index is -3.98. The fourth-order valence-electron chi connectivity index (χ4n) is 4.17. The van der Waals surface area contributed by atoms with Crippen molar-refractivity contribution in [1.82, 2.24) is 10.2 Å². The normalized spacial score (nSPS) is 11.8. The number of nitrogens with one attached hydrogen (secondary N) is 2. The second-order valence-electron chi connectivity index (χ2n) is 9.35. The van der Waals surface area contributed by atoms with E-state index in [1.165, 1.54) is 65.6 Å². The van der Waals surface area contributed by atoms with Crippen molar-refractivity contribution in [3.05, 3.63) is 126 Å². The molecule has 2 amide bonds. The zero-order valence-corrected chi connectivity index (χ0v) is 23.6. The van der Waals surface area contributed by atoms with E-state index in [2.05, 4.69) is 10.0 Å². The number of halogens is 2. The molecule has 0 radical (unpaired) electrons. The number of nitrogens with zero attached hydrogens (tertiary/aromatic N) is 1. The van der Waals surface area contributed by atoms with E-state index in [0.717, 1.165) is 12.1 Å². The second kappa shape index (κ2) is 14.4. The molecule has 224 valence electrons. The van der Waals surface area contributed by atoms with Gasteiger partial charge in [-0.2, -0.15) is 0 Å². The number of hydrogen-bond donors (Lipinski definition) is 3. The Hall–Kier alpha value is -4.81. The molecule has 4 rings (SSSR count). The topological polar surface area (TPSA) is 125 Å². The number of hydrogen-bond acceptors (Lipinski definition) is 6. The van der Waals surface area contributed by atoms with Gasteiger partial charge in [-0.05, 0) is 71.8 Å². The molecular formula is C31H29F2N3O6S. The lowest BCUT2D eigenvalue weighted by Crippen LogP contribution is -2.45. The number of aliphatic hydroxyl groups excluding tert-OH is 1. The third-order valence-electron chi connectivity index (χ3n) is 6.27. The number of sulfonamides is 1. The molecular weight excluding hydrogens is 580 g/mol. The van der Waals surface area contributed by atoms with Crippen molar-refractivity contribution in [3.8, 4) is 5.75 Å². The maximum Gasteiger partial charge on any atom is 0.261 e. The molecule has 4 aromatic rings. The summed E-state index contributed by atoms with van der Waals surface area (Å²) in [5.41, 5.74) is 1.26. The summed E-state index contributed by atoms with van der Waals surface area (Å²) in [6.07, 6.45) is 0. The quantitative estimate of drug-likeness (QED) is 0.210. The summed E-state index contributed by atoms with van der Waals surface area (Å²) in [6, 6.07) is 23.2. The number of carbonyl (C=O) groups is 2. The van der Waals surface area contributed by atoms with Gasteiger partial charge in [-0.3, -0.25) is 14.3 Å². The van der Waals surface area contributed by atoms with Crippen LogP contribution in [-0.2, 0) is 26.2 Å². The molecule has 0 spiro atoms. The zero-order valence-electron chi connectivity index (χ0n) is 22.8. The van der Waals surface area contributed by atoms with E-state index in [9.17, 15) is 31.9 Å². The van der Waals surface area contributed by atoms with Crippen LogP contribution in [0.25, 0.3) is 0 Å². The highest BCUT2D eigenvalue weighted by Gasteiger charge is 2.31. The Morgan fingerprint density at radius 3 is 2.05 bits per heavy atom. The Bertz CT molecular complexity index is 1620. The fraction of sp³-hybridized carbons (Fsp3) is 0.161. The highest BCUT2D eigenvalue weighted by molar-refractivity contribution is 7.92. The van der Waals surface area contributed by atoms with Gasteiger partial charge in [-0.15, -0.1) is 0 Å². The van der Waals surface area contributed by atoms with E-state index in [4.69, 9.17) is 4.74 Å². The molecule has 4 aromatic carbocycles. The lowest BCUT2D eigenvalue weighted by atomic mass is 10.0. The van der Waals surface area contributed by atoms with Crippen LogP contribution in [0.5, 0.6) is 5.75 Å². The third-order valence-corrected chi connectivity index (χ3v) is 7.66. The second-order valence-corrected chi connectivity index (χ2v) is 11.0. The lowest BCUT2D eigenvalue weighted by Gasteiger charge is -2.31. The molecule has 0 bridgehead atoms. The Kier molecular flexibility index (Phi) is 10.4. The maximum atomic E-state index is 13.6. The molecule has 0 saturated heterocycles. The van der Waals surface area contributed by atoms with Crippen LogP contribution in [0.2, 0.25) is 0 Å². The molecule has 0 aliphatic carbocycles. The van der Waals surface area contributed by atoms with Gasteiger partial charge in [0.25, 0.3) is 15.9 Å². The molecule has 0 aromatic heterocycles. The minimum Gasteiger partial charge on any atom is -0.484 e. The van der Waals surface area contributed by atoms with Crippen LogP contribution < -0.4 is 14.8 Å². The number of benzene rings is 4. The van der Waals surface area contributed by atoms with E-state index < -0.39 is 46.1 Å². The van der Waals surface area contributed by atoms with Gasteiger partial charge in [0.15, 0.2) is 6.61 Å². The Labute approximate surface area is 247 Å². The molecule has 0 heterocycles. The van der Waals surface area contributed by atoms with E-state index in [-0.39, 0.29) is 36.0 Å². The van der Waals surface area contributed by atoms with Crippen LogP contribution in [0.1, 0.15) is 17.2 Å². The predicted octanol–water partition coefficient (Wildman–Crippen LogP) is 4.02. The van der Waals surface area contributed by atoms with E-state index in [1.807, 2.05) is 0 Å². The summed E-state index contributed by atoms with van der Waals surface area (Å²) in [5.74, 6) is -1.87. The van der Waals surface area contributed by atoms with Gasteiger partial charge in [-0.25, -0.2) is 17.2 Å². The number of ether oxygens (including phenoxy) is 1. The standard InChI is InChI=1S/C31H29F2N3O6S/c32-24-8-6-22(7-9-24)20-36(30(31(39)34-18-19-37)23-4-2-1-3-5-23)29(38)21-42-27-14-16-28(17-15-27)43(40,41)35-26-12-10-25(33)11-13-26/h1-17,30,35,37H,18-21H2,(H,34,39)/t30-/m0/s1. The summed E-state index contributed by atoms with van der Waals surface area (Å²) in [4.78, 5) is 28.1. The summed E-state index contributed by atoms with van der Waals surface area (Å²) in [6.45, 7) is -0.880. The average molecular weight is 610 g/mol. The van der Waals surface area contributed by atoms with Gasteiger partial charge in [-0.1, -0.05) is 42.5 Å². The van der Waals surface area contributed by atoms with Crippen molar-refractivity contribution in [1.29, 1.82) is 0 Å². The van der Waals surface area contributed by atoms with Crippen molar-refractivity contribution < 1.29 is 36.6 Å². The maximum absolute atomic E-state index is 13.6. The monoisotopic (exact) mass is 609 g/mol. The van der Waals surface area contributed by atoms with Gasteiger partial charge in [0, 0.05) is 18.8 Å². The molecule has 0 saturated carbocycles. The van der Waals surface area contributed by atoms with Crippen molar-refractivity contribution in [3.63, 3.8) is 0 Å². The first kappa shape index (κ1) is 31.1. The van der Waals surface area contributed by atoms with Crippen LogP contribution >= 0.6 is 0 Å². The number of carbonyl (C=O) groups excluding carboxylic acids is 2. The first-order chi connectivity index (χ1) is 20.7. The number of anilines is 1. The smallest absolute Gasteiger partial charge is 0.261 e. The first-order valence-electron chi connectivity index (χ1n) is 13.1. The van der Waals surface area contributed by atoms with E-state index >= 15 is 0 Å².